The van der Waals surface area contributed by atoms with Crippen LogP contribution in [0.1, 0.15) is 34.0 Å². The van der Waals surface area contributed by atoms with Crippen LogP contribution in [0.2, 0.25) is 0 Å². The number of carbonyl (C=O) groups is 2. The third kappa shape index (κ3) is 7.93. The second kappa shape index (κ2) is 13.1. The van der Waals surface area contributed by atoms with Gasteiger partial charge in [-0.25, -0.2) is 18.0 Å². The van der Waals surface area contributed by atoms with Crippen LogP contribution in [0, 0.1) is 13.8 Å². The fraction of sp³-hybridized carbons (Fsp3) is 0.310. The number of hydrogen-bond donors (Lipinski definition) is 3. The Balaban J connectivity index is 0.000000616. The van der Waals surface area contributed by atoms with Gasteiger partial charge in [-0.05, 0) is 73.4 Å². The highest BCUT2D eigenvalue weighted by molar-refractivity contribution is 7.92. The van der Waals surface area contributed by atoms with Crippen molar-refractivity contribution >= 4 is 39.0 Å². The summed E-state index contributed by atoms with van der Waals surface area (Å²) in [5.41, 5.74) is 5.52. The molecule has 0 amide bonds. The number of anilines is 3. The number of aryl methyl sites for hydroxylation is 2. The van der Waals surface area contributed by atoms with Crippen LogP contribution in [0.25, 0.3) is 0 Å². The van der Waals surface area contributed by atoms with Crippen molar-refractivity contribution < 1.29 is 41.4 Å². The minimum Gasteiger partial charge on any atom is -0.478 e. The lowest BCUT2D eigenvalue weighted by Crippen LogP contribution is -2.46. The maximum Gasteiger partial charge on any atom is 0.490 e. The second-order valence-electron chi connectivity index (χ2n) is 9.63. The zero-order chi connectivity index (χ0) is 31.2. The van der Waals surface area contributed by atoms with Gasteiger partial charge in [0.15, 0.2) is 0 Å². The van der Waals surface area contributed by atoms with Crippen LogP contribution >= 0.6 is 0 Å². The highest BCUT2D eigenvalue weighted by atomic mass is 32.2. The Bertz CT molecular complexity index is 1540. The molecule has 3 aromatic carbocycles. The zero-order valence-electron chi connectivity index (χ0n) is 23.3. The van der Waals surface area contributed by atoms with E-state index in [1.807, 2.05) is 6.92 Å². The number of benzene rings is 3. The molecule has 9 nitrogen and oxygen atoms in total. The van der Waals surface area contributed by atoms with Crippen LogP contribution in [0.5, 0.6) is 0 Å². The summed E-state index contributed by atoms with van der Waals surface area (Å²) in [6.45, 7) is 9.34. The van der Waals surface area contributed by atoms with Crippen molar-refractivity contribution in [3.05, 3.63) is 82.9 Å². The minimum atomic E-state index is -5.08. The summed E-state index contributed by atoms with van der Waals surface area (Å²) in [5, 5.41) is 16.9. The number of carboxylic acid groups (broad SMARTS) is 2. The van der Waals surface area contributed by atoms with Gasteiger partial charge in [-0.3, -0.25) is 4.72 Å². The molecule has 4 rings (SSSR count). The number of halogens is 3. The van der Waals surface area contributed by atoms with Crippen LogP contribution in [0.3, 0.4) is 0 Å². The average molecular weight is 608 g/mol. The Morgan fingerprint density at radius 1 is 0.905 bits per heavy atom. The van der Waals surface area contributed by atoms with E-state index in [2.05, 4.69) is 46.6 Å². The number of carboxylic acids is 2. The number of nitrogens with one attached hydrogen (secondary N) is 1. The summed E-state index contributed by atoms with van der Waals surface area (Å²) in [7, 11) is -3.91. The summed E-state index contributed by atoms with van der Waals surface area (Å²) >= 11 is 0. The number of hydrogen-bond acceptors (Lipinski definition) is 6. The van der Waals surface area contributed by atoms with Gasteiger partial charge in [-0.15, -0.1) is 0 Å². The molecule has 0 saturated carbocycles. The minimum absolute atomic E-state index is 0.0508. The molecule has 0 aromatic heterocycles. The molecule has 0 bridgehead atoms. The predicted molar refractivity (Wildman–Crippen MR) is 154 cm³/mol. The quantitative estimate of drug-likeness (QED) is 0.329. The Morgan fingerprint density at radius 3 is 2.00 bits per heavy atom. The normalized spacial score (nSPS) is 13.7. The molecule has 0 atom stereocenters. The predicted octanol–water partition coefficient (Wildman–Crippen LogP) is 5.32. The van der Waals surface area contributed by atoms with Crippen molar-refractivity contribution in [2.45, 2.75) is 38.3 Å². The van der Waals surface area contributed by atoms with E-state index in [1.54, 1.807) is 24.3 Å². The Hall–Kier alpha value is -4.26. The van der Waals surface area contributed by atoms with Crippen LogP contribution in [0.4, 0.5) is 30.2 Å². The van der Waals surface area contributed by atoms with Gasteiger partial charge in [0.05, 0.1) is 16.1 Å². The topological polar surface area (TPSA) is 127 Å². The van der Waals surface area contributed by atoms with Gasteiger partial charge < -0.3 is 20.0 Å². The van der Waals surface area contributed by atoms with Crippen LogP contribution in [0.15, 0.2) is 65.6 Å². The maximum atomic E-state index is 12.9. The fourth-order valence-electron chi connectivity index (χ4n) is 4.39. The number of nitrogens with zero attached hydrogens (tertiary/aromatic N) is 2. The Morgan fingerprint density at radius 2 is 1.48 bits per heavy atom. The second-order valence-corrected chi connectivity index (χ2v) is 11.3. The van der Waals surface area contributed by atoms with Crippen LogP contribution < -0.4 is 14.5 Å². The van der Waals surface area contributed by atoms with Crippen molar-refractivity contribution in [3.8, 4) is 0 Å². The Kier molecular flexibility index (Phi) is 10.1. The van der Waals surface area contributed by atoms with E-state index < -0.39 is 28.1 Å². The number of piperazine rings is 1. The van der Waals surface area contributed by atoms with Gasteiger partial charge in [-0.2, -0.15) is 13.2 Å². The molecular weight excluding hydrogens is 575 g/mol. The average Bonchev–Trinajstić information content (AvgIpc) is 2.94. The lowest BCUT2D eigenvalue weighted by atomic mass is 10.1. The van der Waals surface area contributed by atoms with E-state index >= 15 is 0 Å². The first-order valence-corrected chi connectivity index (χ1v) is 14.5. The van der Waals surface area contributed by atoms with Crippen LogP contribution in [-0.4, -0.2) is 62.9 Å². The number of rotatable bonds is 7. The summed E-state index contributed by atoms with van der Waals surface area (Å²) in [5.74, 6) is -3.94. The van der Waals surface area contributed by atoms with Gasteiger partial charge >= 0.3 is 18.1 Å². The molecular formula is C29H32F3N3O6S. The molecule has 3 aromatic rings. The van der Waals surface area contributed by atoms with Gasteiger partial charge in [0.25, 0.3) is 10.0 Å². The van der Waals surface area contributed by atoms with E-state index in [1.165, 1.54) is 35.0 Å². The van der Waals surface area contributed by atoms with Gasteiger partial charge in [-0.1, -0.05) is 31.2 Å². The maximum absolute atomic E-state index is 12.9. The zero-order valence-corrected chi connectivity index (χ0v) is 24.1. The molecule has 3 N–H and O–H groups in total. The Labute approximate surface area is 242 Å². The molecule has 226 valence electrons. The van der Waals surface area contributed by atoms with E-state index in [0.29, 0.717) is 0 Å². The van der Waals surface area contributed by atoms with E-state index in [9.17, 15) is 31.5 Å². The number of sulfonamides is 1. The van der Waals surface area contributed by atoms with Crippen molar-refractivity contribution in [1.82, 2.24) is 0 Å². The first kappa shape index (κ1) is 32.3. The molecule has 0 radical (unpaired) electrons. The number of aliphatic carboxylic acids is 1. The standard InChI is InChI=1S/C27H31N3O4S.C2HF3O2/c1-4-21-8-11-23(12-9-21)35(33,34)28-25-13-10-22(18-24(25)27(31)32)29-14-16-30(17-15-29)26-7-5-6-19(2)20(26)3;3-2(4,5)1(6)7/h5-13,18,28H,4,14-17H2,1-3H3,(H,31,32);(H,6,7). The van der Waals surface area contributed by atoms with E-state index in [0.717, 1.165) is 43.9 Å². The lowest BCUT2D eigenvalue weighted by molar-refractivity contribution is -0.192. The summed E-state index contributed by atoms with van der Waals surface area (Å²) < 4.78 is 59.9. The third-order valence-corrected chi connectivity index (χ3v) is 8.31. The molecule has 0 unspecified atom stereocenters. The molecule has 13 heteroatoms. The molecule has 1 saturated heterocycles. The van der Waals surface area contributed by atoms with Gasteiger partial charge in [0.1, 0.15) is 0 Å². The van der Waals surface area contributed by atoms with Crippen molar-refractivity contribution in [2.75, 3.05) is 40.7 Å². The highest BCUT2D eigenvalue weighted by Gasteiger charge is 2.38. The molecule has 0 aliphatic carbocycles. The van der Waals surface area contributed by atoms with Crippen molar-refractivity contribution in [2.24, 2.45) is 0 Å². The van der Waals surface area contributed by atoms with Crippen molar-refractivity contribution in [1.29, 1.82) is 0 Å². The summed E-state index contributed by atoms with van der Waals surface area (Å²) in [6, 6.07) is 17.8. The third-order valence-electron chi connectivity index (χ3n) is 6.92. The SMILES string of the molecule is CCc1ccc(S(=O)(=O)Nc2ccc(N3CCN(c4cccc(C)c4C)CC3)cc2C(=O)O)cc1.O=C(O)C(F)(F)F. The largest absolute Gasteiger partial charge is 0.490 e. The number of aromatic carboxylic acids is 1. The van der Waals surface area contributed by atoms with Gasteiger partial charge in [0, 0.05) is 37.6 Å². The molecule has 1 aliphatic heterocycles. The summed E-state index contributed by atoms with van der Waals surface area (Å²) in [4.78, 5) is 25.5. The highest BCUT2D eigenvalue weighted by Crippen LogP contribution is 2.29. The fourth-order valence-corrected chi connectivity index (χ4v) is 5.47. The summed E-state index contributed by atoms with van der Waals surface area (Å²) in [6.07, 6.45) is -4.28. The number of alkyl halides is 3. The molecule has 0 spiro atoms. The van der Waals surface area contributed by atoms with Crippen molar-refractivity contribution in [3.63, 3.8) is 0 Å². The molecule has 1 aliphatic rings. The first-order chi connectivity index (χ1) is 19.6. The lowest BCUT2D eigenvalue weighted by Gasteiger charge is -2.38. The van der Waals surface area contributed by atoms with Gasteiger partial charge in [0.2, 0.25) is 0 Å². The first-order valence-electron chi connectivity index (χ1n) is 13.0. The van der Waals surface area contributed by atoms with Crippen LogP contribution in [-0.2, 0) is 21.2 Å². The molecule has 1 fully saturated rings. The monoisotopic (exact) mass is 607 g/mol. The molecule has 1 heterocycles. The van der Waals surface area contributed by atoms with E-state index in [4.69, 9.17) is 9.90 Å². The van der Waals surface area contributed by atoms with E-state index in [-0.39, 0.29) is 16.1 Å². The smallest absolute Gasteiger partial charge is 0.478 e. The molecule has 42 heavy (non-hydrogen) atoms.